The number of hydrogen-bond acceptors (Lipinski definition) is 4. The summed E-state index contributed by atoms with van der Waals surface area (Å²) in [4.78, 5) is 37.1. The first-order valence-electron chi connectivity index (χ1n) is 8.51. The smallest absolute Gasteiger partial charge is 0.265 e. The number of nitrogens with one attached hydrogen (secondary N) is 1. The summed E-state index contributed by atoms with van der Waals surface area (Å²) in [6.45, 7) is 6.10. The first kappa shape index (κ1) is 17.2. The van der Waals surface area contributed by atoms with Gasteiger partial charge in [-0.2, -0.15) is 5.10 Å². The lowest BCUT2D eigenvalue weighted by Crippen LogP contribution is -2.43. The summed E-state index contributed by atoms with van der Waals surface area (Å²) < 4.78 is 3.10. The number of nitrogens with zero attached hydrogens (tertiary/aromatic N) is 4. The quantitative estimate of drug-likeness (QED) is 0.862. The third-order valence-electron chi connectivity index (χ3n) is 4.68. The van der Waals surface area contributed by atoms with Crippen molar-refractivity contribution in [3.8, 4) is 0 Å². The van der Waals surface area contributed by atoms with Gasteiger partial charge in [0.05, 0.1) is 5.69 Å². The van der Waals surface area contributed by atoms with Crippen molar-refractivity contribution < 1.29 is 4.79 Å². The SMILES string of the molecule is Cc1cc(C)n(CC2CCN(C(=O)Cn3[nH]c(=O)ccc3=O)CC2)n1. The number of aryl methyl sites for hydroxylation is 2. The topological polar surface area (TPSA) is 93.0 Å². The molecule has 2 aromatic rings. The van der Waals surface area contributed by atoms with Crippen molar-refractivity contribution in [1.29, 1.82) is 0 Å². The van der Waals surface area contributed by atoms with Crippen molar-refractivity contribution >= 4 is 5.91 Å². The molecule has 0 radical (unpaired) electrons. The number of piperidine rings is 1. The molecule has 0 spiro atoms. The van der Waals surface area contributed by atoms with Crippen LogP contribution < -0.4 is 11.1 Å². The second-order valence-electron chi connectivity index (χ2n) is 6.67. The van der Waals surface area contributed by atoms with Crippen LogP contribution in [0.3, 0.4) is 0 Å². The summed E-state index contributed by atoms with van der Waals surface area (Å²) in [5.41, 5.74) is 1.40. The van der Waals surface area contributed by atoms with Crippen LogP contribution in [0.2, 0.25) is 0 Å². The van der Waals surface area contributed by atoms with Gasteiger partial charge in [0.2, 0.25) is 5.91 Å². The van der Waals surface area contributed by atoms with Gasteiger partial charge in [0.15, 0.2) is 0 Å². The molecule has 1 aliphatic rings. The van der Waals surface area contributed by atoms with Gasteiger partial charge < -0.3 is 4.90 Å². The van der Waals surface area contributed by atoms with Gasteiger partial charge in [0.25, 0.3) is 11.1 Å². The maximum Gasteiger partial charge on any atom is 0.265 e. The van der Waals surface area contributed by atoms with Crippen LogP contribution in [0, 0.1) is 19.8 Å². The summed E-state index contributed by atoms with van der Waals surface area (Å²) in [5.74, 6) is 0.342. The van der Waals surface area contributed by atoms with E-state index in [-0.39, 0.29) is 18.0 Å². The number of aromatic nitrogens is 4. The zero-order valence-corrected chi connectivity index (χ0v) is 14.6. The van der Waals surface area contributed by atoms with Gasteiger partial charge >= 0.3 is 0 Å². The number of H-pyrrole nitrogens is 1. The third kappa shape index (κ3) is 4.07. The molecule has 0 atom stereocenters. The Labute approximate surface area is 145 Å². The van der Waals surface area contributed by atoms with Gasteiger partial charge in [0, 0.05) is 37.5 Å². The molecule has 1 saturated heterocycles. The largest absolute Gasteiger partial charge is 0.341 e. The third-order valence-corrected chi connectivity index (χ3v) is 4.68. The lowest BCUT2D eigenvalue weighted by molar-refractivity contribution is -0.133. The normalized spacial score (nSPS) is 15.5. The minimum atomic E-state index is -0.393. The Morgan fingerprint density at radius 2 is 1.96 bits per heavy atom. The van der Waals surface area contributed by atoms with Gasteiger partial charge in [0.1, 0.15) is 6.54 Å². The van der Waals surface area contributed by atoms with Crippen molar-refractivity contribution in [2.75, 3.05) is 13.1 Å². The minimum Gasteiger partial charge on any atom is -0.341 e. The Balaban J connectivity index is 1.55. The zero-order valence-electron chi connectivity index (χ0n) is 14.6. The lowest BCUT2D eigenvalue weighted by Gasteiger charge is -2.32. The van der Waals surface area contributed by atoms with E-state index in [1.165, 1.54) is 6.07 Å². The maximum absolute atomic E-state index is 12.4. The average Bonchev–Trinajstić information content (AvgIpc) is 2.89. The van der Waals surface area contributed by atoms with Gasteiger partial charge in [-0.05, 0) is 38.7 Å². The van der Waals surface area contributed by atoms with E-state index < -0.39 is 5.56 Å². The van der Waals surface area contributed by atoms with E-state index in [9.17, 15) is 14.4 Å². The highest BCUT2D eigenvalue weighted by atomic mass is 16.2. The minimum absolute atomic E-state index is 0.128. The molecule has 134 valence electrons. The van der Waals surface area contributed by atoms with Crippen LogP contribution in [0.5, 0.6) is 0 Å². The molecule has 0 bridgehead atoms. The number of carbonyl (C=O) groups excluding carboxylic acids is 1. The van der Waals surface area contributed by atoms with Gasteiger partial charge in [-0.25, -0.2) is 4.68 Å². The van der Waals surface area contributed by atoms with Gasteiger partial charge in [-0.3, -0.25) is 24.2 Å². The molecule has 8 nitrogen and oxygen atoms in total. The molecule has 0 aliphatic carbocycles. The molecule has 3 rings (SSSR count). The molecule has 1 amide bonds. The Hall–Kier alpha value is -2.64. The van der Waals surface area contributed by atoms with Crippen LogP contribution in [-0.4, -0.2) is 43.5 Å². The van der Waals surface area contributed by atoms with E-state index in [2.05, 4.69) is 23.2 Å². The highest BCUT2D eigenvalue weighted by Crippen LogP contribution is 2.20. The molecular formula is C17H23N5O3. The van der Waals surface area contributed by atoms with E-state index in [1.54, 1.807) is 4.90 Å². The molecule has 2 aromatic heterocycles. The molecule has 25 heavy (non-hydrogen) atoms. The summed E-state index contributed by atoms with van der Waals surface area (Å²) in [7, 11) is 0. The molecule has 0 aromatic carbocycles. The molecular weight excluding hydrogens is 322 g/mol. The van der Waals surface area contributed by atoms with Gasteiger partial charge in [-0.15, -0.1) is 0 Å². The average molecular weight is 345 g/mol. The standard InChI is InChI=1S/C17H23N5O3/c1-12-9-13(2)21(18-12)10-14-5-7-20(8-6-14)17(25)11-22-16(24)4-3-15(23)19-22/h3-4,9,14H,5-8,10-11H2,1-2H3,(H,19,23). The van der Waals surface area contributed by atoms with Crippen molar-refractivity contribution in [2.24, 2.45) is 5.92 Å². The van der Waals surface area contributed by atoms with Crippen LogP contribution >= 0.6 is 0 Å². The molecule has 1 aliphatic heterocycles. The number of hydrogen-bond donors (Lipinski definition) is 1. The molecule has 8 heteroatoms. The summed E-state index contributed by atoms with van der Waals surface area (Å²) >= 11 is 0. The highest BCUT2D eigenvalue weighted by molar-refractivity contribution is 5.75. The van der Waals surface area contributed by atoms with E-state index in [0.29, 0.717) is 19.0 Å². The second-order valence-corrected chi connectivity index (χ2v) is 6.67. The molecule has 1 N–H and O–H groups in total. The van der Waals surface area contributed by atoms with Crippen molar-refractivity contribution in [3.05, 3.63) is 50.3 Å². The maximum atomic E-state index is 12.4. The first-order chi connectivity index (χ1) is 11.9. The first-order valence-corrected chi connectivity index (χ1v) is 8.51. The Bertz CT molecular complexity index is 871. The van der Waals surface area contributed by atoms with E-state index >= 15 is 0 Å². The van der Waals surface area contributed by atoms with E-state index in [1.807, 2.05) is 11.6 Å². The molecule has 0 unspecified atom stereocenters. The Morgan fingerprint density at radius 3 is 2.60 bits per heavy atom. The van der Waals surface area contributed by atoms with Gasteiger partial charge in [-0.1, -0.05) is 0 Å². The predicted molar refractivity (Wildman–Crippen MR) is 92.3 cm³/mol. The van der Waals surface area contributed by atoms with Crippen molar-refractivity contribution in [3.63, 3.8) is 0 Å². The summed E-state index contributed by atoms with van der Waals surface area (Å²) in [6, 6.07) is 4.40. The predicted octanol–water partition coefficient (Wildman–Crippen LogP) is 0.289. The number of amides is 1. The zero-order chi connectivity index (χ0) is 18.0. The fourth-order valence-corrected chi connectivity index (χ4v) is 3.28. The van der Waals surface area contributed by atoms with E-state index in [0.717, 1.165) is 41.5 Å². The van der Waals surface area contributed by atoms with Crippen LogP contribution in [-0.2, 0) is 17.9 Å². The number of likely N-dealkylation sites (tertiary alicyclic amines) is 1. The van der Waals surface area contributed by atoms with Crippen molar-refractivity contribution in [2.45, 2.75) is 39.8 Å². The number of carbonyl (C=O) groups is 1. The lowest BCUT2D eigenvalue weighted by atomic mass is 9.96. The second kappa shape index (κ2) is 7.08. The van der Waals surface area contributed by atoms with Crippen LogP contribution in [0.4, 0.5) is 0 Å². The molecule has 3 heterocycles. The van der Waals surface area contributed by atoms with Crippen LogP contribution in [0.25, 0.3) is 0 Å². The van der Waals surface area contributed by atoms with Crippen LogP contribution in [0.1, 0.15) is 24.2 Å². The van der Waals surface area contributed by atoms with Crippen LogP contribution in [0.15, 0.2) is 27.8 Å². The Kier molecular flexibility index (Phi) is 4.87. The number of rotatable bonds is 4. The number of aromatic amines is 1. The monoisotopic (exact) mass is 345 g/mol. The molecule has 1 fully saturated rings. The fourth-order valence-electron chi connectivity index (χ4n) is 3.28. The summed E-state index contributed by atoms with van der Waals surface area (Å²) in [6.07, 6.45) is 1.81. The van der Waals surface area contributed by atoms with E-state index in [4.69, 9.17) is 0 Å². The van der Waals surface area contributed by atoms with Crippen molar-refractivity contribution in [1.82, 2.24) is 24.5 Å². The summed E-state index contributed by atoms with van der Waals surface area (Å²) in [5, 5.41) is 6.88. The Morgan fingerprint density at radius 1 is 1.24 bits per heavy atom. The highest BCUT2D eigenvalue weighted by Gasteiger charge is 2.24. The molecule has 0 saturated carbocycles. The fraction of sp³-hybridized carbons (Fsp3) is 0.529.